The van der Waals surface area contributed by atoms with E-state index in [2.05, 4.69) is 107 Å². The average Bonchev–Trinajstić information content (AvgIpc) is 1.60. The van der Waals surface area contributed by atoms with Gasteiger partial charge < -0.3 is 59.8 Å². The molecule has 36 nitrogen and oxygen atoms in total. The summed E-state index contributed by atoms with van der Waals surface area (Å²) in [6.07, 6.45) is 15.8. The topological polar surface area (TPSA) is 422 Å². The minimum atomic E-state index is -1.43. The first-order valence-electron chi connectivity index (χ1n) is 46.0. The maximum atomic E-state index is 13.4. The molecule has 4 atom stereocenters. The van der Waals surface area contributed by atoms with Crippen molar-refractivity contribution >= 4 is 76.9 Å². The number of hydrogen-bond donors (Lipinski definition) is 8. The summed E-state index contributed by atoms with van der Waals surface area (Å²) in [6.45, 7) is 14.7. The zero-order valence-corrected chi connectivity index (χ0v) is 78.7. The van der Waals surface area contributed by atoms with Crippen LogP contribution < -0.4 is 61.5 Å². The summed E-state index contributed by atoms with van der Waals surface area (Å²) in [5.41, 5.74) is 10.7. The number of hydrogen-bond acceptors (Lipinski definition) is 20. The van der Waals surface area contributed by atoms with E-state index in [0.29, 0.717) is 100 Å². The first-order chi connectivity index (χ1) is 68.6. The molecule has 0 bridgehead atoms. The second kappa shape index (κ2) is 39.3. The fraction of sp³-hybridized carbons (Fsp3) is 0.245. The SMILES string of the molecule is CC#CCOc1ccc2c(c1)C(=O)N(C[C@@]1(c3ccc(-c4cnn(CCC)c4)cc3)NC(=O)NC1=O)C2.CC#CCOc1ccc2c(c1)C(=O)N(C[C@@]1(c3ccc(-c4cnn5ccccc45)cc3)NC(=O)NC1=O)C2.CCOc1ccc2c(c1)C(=O)N(C[C@@]1(c3ccc(-c4cnn(C)c4)cc3)NC(=O)NC1=O)C2.COc1ccc2c(c1)C(=O)N(C[C@@]1(c3ccc(-c4cnn(C(C)C)c4)cc3)NC(=O)NC1=O)C2. The van der Waals surface area contributed by atoms with Crippen LogP contribution in [0.25, 0.3) is 50.0 Å². The third-order valence-corrected chi connectivity index (χ3v) is 26.0. The summed E-state index contributed by atoms with van der Waals surface area (Å²) in [7, 11) is 3.39. The van der Waals surface area contributed by atoms with Crippen LogP contribution in [0.2, 0.25) is 0 Å². The highest BCUT2D eigenvalue weighted by atomic mass is 16.5. The highest BCUT2D eigenvalue weighted by molar-refractivity contribution is 6.12. The molecule has 4 saturated heterocycles. The van der Waals surface area contributed by atoms with Crippen LogP contribution in [0.15, 0.2) is 238 Å². The van der Waals surface area contributed by atoms with Crippen LogP contribution in [-0.2, 0) is 81.1 Å². The molecule has 21 rings (SSSR count). The number of imide groups is 4. The highest BCUT2D eigenvalue weighted by Gasteiger charge is 2.55. The van der Waals surface area contributed by atoms with Gasteiger partial charge >= 0.3 is 24.1 Å². The standard InChI is InChI=1S/C29H23N5O4.C28H27N5O4.C25H25N5O4.C24H23N5O4/c1-2-3-14-38-22-12-9-20-17-33(26(35)23(20)15-22)18-29(27(36)31-28(37)32-29)21-10-7-19(8-11-21)24-16-30-34-13-5-4-6-25(24)34;1-3-5-13-37-23-11-8-20-16-32(25(34)24(20)14-23)18-28(26(35)30-27(36)31-28)22-9-6-19(7-10-22)21-15-29-33(17-21)12-4-2;1-15(2)30-13-18(11-26-30)16-4-7-19(8-5-16)25(23(32)27-24(33)28-25)14-29-12-17-6-9-20(34-3)10-21(17)22(29)31;1-3-33-19-9-6-16-13-29(21(30)20(16)10-19)14-24(22(31)26-23(32)27-24)18-7-4-15(5-8-18)17-11-25-28(2)12-17/h4-13,15-16H,14,17-18H2,1H3,(H2,31,32,36,37);6-11,14-15,17H,4,12-13,16,18H2,1-2H3,(H2,30,31,35,36);4-11,13,15H,12,14H2,1-3H3,(H2,27,28,32,33);4-12H,3,13-14H2,1-2H3,(H2,26,27,31,32)/t29-;28-;25-;24-/m0000/s1. The lowest BCUT2D eigenvalue weighted by Gasteiger charge is -2.31. The second-order valence-electron chi connectivity index (χ2n) is 35.3. The number of methoxy groups -OCH3 is 1. The fourth-order valence-corrected chi connectivity index (χ4v) is 18.7. The number of amides is 16. The summed E-state index contributed by atoms with van der Waals surface area (Å²) in [5.74, 6) is 10.7. The number of ether oxygens (including phenoxy) is 4. The minimum absolute atomic E-state index is 0.00499. The third-order valence-electron chi connectivity index (χ3n) is 26.0. The Bertz CT molecular complexity index is 7390. The molecule has 5 aromatic heterocycles. The van der Waals surface area contributed by atoms with E-state index < -0.39 is 69.9 Å². The Balaban J connectivity index is 0.000000125. The predicted molar refractivity (Wildman–Crippen MR) is 519 cm³/mol. The summed E-state index contributed by atoms with van der Waals surface area (Å²) >= 11 is 0. The van der Waals surface area contributed by atoms with E-state index in [-0.39, 0.29) is 69.1 Å². The molecule has 4 fully saturated rings. The monoisotopic (exact) mass is 1910 g/mol. The molecule has 8 aliphatic heterocycles. The molecule has 36 heteroatoms. The lowest BCUT2D eigenvalue weighted by Crippen LogP contribution is -2.52. The molecule has 8 aliphatic rings. The molecule has 0 aliphatic carbocycles. The van der Waals surface area contributed by atoms with Crippen LogP contribution in [0.3, 0.4) is 0 Å². The van der Waals surface area contributed by atoms with Crippen LogP contribution in [-0.4, -0.2) is 183 Å². The van der Waals surface area contributed by atoms with Crippen LogP contribution in [0.4, 0.5) is 19.2 Å². The normalized spacial score (nSPS) is 18.8. The van der Waals surface area contributed by atoms with Crippen LogP contribution in [0.1, 0.15) is 140 Å². The van der Waals surface area contributed by atoms with Gasteiger partial charge in [0.15, 0.2) is 22.2 Å². The Morgan fingerprint density at radius 2 is 0.739 bits per heavy atom. The molecule has 0 spiro atoms. The quantitative estimate of drug-likeness (QED) is 0.0184. The van der Waals surface area contributed by atoms with Gasteiger partial charge in [-0.2, -0.15) is 20.4 Å². The van der Waals surface area contributed by atoms with Crippen LogP contribution in [0, 0.1) is 23.7 Å². The number of nitrogens with one attached hydrogen (secondary N) is 8. The Kier molecular flexibility index (Phi) is 26.1. The fourth-order valence-electron chi connectivity index (χ4n) is 18.7. The van der Waals surface area contributed by atoms with Crippen molar-refractivity contribution < 1.29 is 76.5 Å². The summed E-state index contributed by atoms with van der Waals surface area (Å²) < 4.78 is 29.2. The molecular weight excluding hydrogens is 1810 g/mol. The van der Waals surface area contributed by atoms with Gasteiger partial charge in [0.1, 0.15) is 36.2 Å². The first kappa shape index (κ1) is 94.4. The van der Waals surface area contributed by atoms with Gasteiger partial charge in [-0.25, -0.2) is 23.7 Å². The van der Waals surface area contributed by atoms with E-state index >= 15 is 0 Å². The van der Waals surface area contributed by atoms with Crippen molar-refractivity contribution in [2.75, 3.05) is 53.1 Å². The summed E-state index contributed by atoms with van der Waals surface area (Å²) in [6, 6.07) is 54.7. The third kappa shape index (κ3) is 18.5. The second-order valence-corrected chi connectivity index (χ2v) is 35.3. The Morgan fingerprint density at radius 1 is 0.380 bits per heavy atom. The molecule has 8 aromatic carbocycles. The maximum Gasteiger partial charge on any atom is 0.322 e. The van der Waals surface area contributed by atoms with Crippen molar-refractivity contribution in [2.24, 2.45) is 7.05 Å². The Hall–Kier alpha value is -18.0. The first-order valence-corrected chi connectivity index (χ1v) is 46.0. The summed E-state index contributed by atoms with van der Waals surface area (Å²) in [4.78, 5) is 161. The van der Waals surface area contributed by atoms with Crippen molar-refractivity contribution in [1.29, 1.82) is 0 Å². The van der Waals surface area contributed by atoms with Gasteiger partial charge in [-0.15, -0.1) is 11.8 Å². The van der Waals surface area contributed by atoms with Crippen molar-refractivity contribution in [3.63, 3.8) is 0 Å². The number of urea groups is 4. The van der Waals surface area contributed by atoms with E-state index in [0.717, 1.165) is 85.2 Å². The van der Waals surface area contributed by atoms with Crippen molar-refractivity contribution in [3.8, 4) is 91.2 Å². The van der Waals surface area contributed by atoms with Gasteiger partial charge in [0, 0.05) is 115 Å². The molecule has 13 aromatic rings. The summed E-state index contributed by atoms with van der Waals surface area (Å²) in [5, 5.41) is 37.8. The molecule has 8 N–H and O–H groups in total. The smallest absolute Gasteiger partial charge is 0.322 e. The van der Waals surface area contributed by atoms with E-state index in [1.54, 1.807) is 141 Å². The van der Waals surface area contributed by atoms with Gasteiger partial charge in [-0.1, -0.05) is 146 Å². The molecule has 142 heavy (non-hydrogen) atoms. The number of aryl methyl sites for hydroxylation is 2. The number of nitrogens with zero attached hydrogens (tertiary/aromatic N) is 12. The maximum absolute atomic E-state index is 13.4. The molecular formula is C106H98N20O16. The van der Waals surface area contributed by atoms with E-state index in [9.17, 15) is 57.5 Å². The lowest BCUT2D eigenvalue weighted by atomic mass is 9.88. The molecule has 0 unspecified atom stereocenters. The molecule has 0 saturated carbocycles. The zero-order chi connectivity index (χ0) is 99.5. The van der Waals surface area contributed by atoms with Crippen molar-refractivity contribution in [2.45, 2.75) is 109 Å². The number of carbonyl (C=O) groups excluding carboxylic acids is 12. The van der Waals surface area contributed by atoms with Gasteiger partial charge in [0.05, 0.1) is 70.2 Å². The minimum Gasteiger partial charge on any atom is -0.497 e. The largest absolute Gasteiger partial charge is 0.497 e. The number of benzene rings is 8. The van der Waals surface area contributed by atoms with Crippen molar-refractivity contribution in [3.05, 3.63) is 304 Å². The molecule has 718 valence electrons. The molecule has 0 radical (unpaired) electrons. The molecule has 13 heterocycles. The van der Waals surface area contributed by atoms with E-state index in [4.69, 9.17) is 18.9 Å². The van der Waals surface area contributed by atoms with Crippen LogP contribution >= 0.6 is 0 Å². The predicted octanol–water partition coefficient (Wildman–Crippen LogP) is 11.2. The van der Waals surface area contributed by atoms with E-state index in [1.807, 2.05) is 169 Å². The Labute approximate surface area is 814 Å². The number of pyridine rings is 1. The van der Waals surface area contributed by atoms with Gasteiger partial charge in [0.25, 0.3) is 47.3 Å². The Morgan fingerprint density at radius 3 is 1.08 bits per heavy atom. The number of rotatable bonds is 26. The van der Waals surface area contributed by atoms with E-state index in [1.165, 1.54) is 0 Å². The van der Waals surface area contributed by atoms with Crippen LogP contribution in [0.5, 0.6) is 23.0 Å². The highest BCUT2D eigenvalue weighted by Crippen LogP contribution is 2.41. The molecule has 16 amide bonds. The van der Waals surface area contributed by atoms with Gasteiger partial charge in [-0.05, 0) is 168 Å². The number of aromatic nitrogens is 8. The van der Waals surface area contributed by atoms with Gasteiger partial charge in [-0.3, -0.25) is 73.7 Å². The number of carbonyl (C=O) groups is 12. The van der Waals surface area contributed by atoms with Gasteiger partial charge in [0.2, 0.25) is 0 Å². The number of fused-ring (bicyclic) bond motifs is 5. The van der Waals surface area contributed by atoms with Crippen molar-refractivity contribution in [1.82, 2.24) is 101 Å². The zero-order valence-electron chi connectivity index (χ0n) is 78.7. The average molecular weight is 1910 g/mol. The lowest BCUT2D eigenvalue weighted by molar-refractivity contribution is -0.125.